The van der Waals surface area contributed by atoms with Crippen molar-refractivity contribution >= 4 is 13.9 Å². The molecule has 0 aliphatic carbocycles. The van der Waals surface area contributed by atoms with Gasteiger partial charge in [-0.3, -0.25) is 4.79 Å². The molecular formula is C19H31FOSi. The van der Waals surface area contributed by atoms with Crippen LogP contribution in [-0.2, 0) is 6.42 Å². The van der Waals surface area contributed by atoms with Gasteiger partial charge in [0.15, 0.2) is 5.78 Å². The molecule has 0 aromatic heterocycles. The van der Waals surface area contributed by atoms with Crippen molar-refractivity contribution in [2.45, 2.75) is 72.1 Å². The second-order valence-corrected chi connectivity index (χ2v) is 13.1. The van der Waals surface area contributed by atoms with Crippen LogP contribution in [0.5, 0.6) is 0 Å². The minimum Gasteiger partial charge on any atom is -0.294 e. The van der Waals surface area contributed by atoms with Crippen LogP contribution in [0.2, 0.25) is 24.2 Å². The first-order valence-electron chi connectivity index (χ1n) is 8.52. The molecule has 0 saturated carbocycles. The Labute approximate surface area is 136 Å². The van der Waals surface area contributed by atoms with E-state index in [2.05, 4.69) is 20.8 Å². The van der Waals surface area contributed by atoms with Gasteiger partial charge in [-0.05, 0) is 30.2 Å². The van der Waals surface area contributed by atoms with Gasteiger partial charge >= 0.3 is 0 Å². The molecule has 0 heterocycles. The molecule has 1 aromatic rings. The van der Waals surface area contributed by atoms with Crippen LogP contribution in [0.1, 0.15) is 57.5 Å². The molecule has 0 radical (unpaired) electrons. The summed E-state index contributed by atoms with van der Waals surface area (Å²) in [7, 11) is -1.25. The first kappa shape index (κ1) is 19.1. The van der Waals surface area contributed by atoms with E-state index < -0.39 is 13.5 Å². The van der Waals surface area contributed by atoms with Gasteiger partial charge in [0, 0.05) is 11.0 Å². The number of hydrogen-bond acceptors (Lipinski definition) is 1. The third-order valence-electron chi connectivity index (χ3n) is 5.17. The molecule has 0 spiro atoms. The smallest absolute Gasteiger partial charge is 0.168 e. The number of Topliss-reactive ketones (excluding diaryl/α,β-unsaturated/α-hetero) is 1. The largest absolute Gasteiger partial charge is 0.294 e. The molecule has 0 atom stereocenters. The Morgan fingerprint density at radius 2 is 1.64 bits per heavy atom. The molecule has 0 aliphatic rings. The Morgan fingerprint density at radius 3 is 2.09 bits per heavy atom. The van der Waals surface area contributed by atoms with E-state index in [1.165, 1.54) is 24.2 Å². The highest BCUT2D eigenvalue weighted by Crippen LogP contribution is 2.30. The molecule has 124 valence electrons. The molecule has 3 heteroatoms. The van der Waals surface area contributed by atoms with E-state index in [4.69, 9.17) is 0 Å². The third-order valence-corrected chi connectivity index (χ3v) is 11.0. The maximum absolute atomic E-state index is 13.7. The van der Waals surface area contributed by atoms with E-state index in [9.17, 15) is 9.18 Å². The Hall–Kier alpha value is -0.963. The van der Waals surface area contributed by atoms with Crippen LogP contribution in [0.25, 0.3) is 0 Å². The molecule has 0 saturated heterocycles. The van der Waals surface area contributed by atoms with Gasteiger partial charge in [-0.1, -0.05) is 65.7 Å². The van der Waals surface area contributed by atoms with Gasteiger partial charge in [-0.15, -0.1) is 0 Å². The zero-order chi connectivity index (χ0) is 17.0. The predicted octanol–water partition coefficient (Wildman–Crippen LogP) is 6.11. The summed E-state index contributed by atoms with van der Waals surface area (Å²) in [5.41, 5.74) is 1.17. The maximum atomic E-state index is 13.7. The van der Waals surface area contributed by atoms with Gasteiger partial charge in [0.1, 0.15) is 5.82 Å². The Kier molecular flexibility index (Phi) is 6.54. The van der Waals surface area contributed by atoms with Crippen LogP contribution in [0.4, 0.5) is 4.39 Å². The number of benzene rings is 1. The van der Waals surface area contributed by atoms with E-state index in [1.54, 1.807) is 12.1 Å². The molecule has 1 aromatic carbocycles. The summed E-state index contributed by atoms with van der Waals surface area (Å²) in [5, 5.41) is 0. The van der Waals surface area contributed by atoms with Gasteiger partial charge in [0.05, 0.1) is 8.07 Å². The summed E-state index contributed by atoms with van der Waals surface area (Å²) >= 11 is 0. The second kappa shape index (κ2) is 7.54. The highest BCUT2D eigenvalue weighted by Gasteiger charge is 2.29. The zero-order valence-electron chi connectivity index (χ0n) is 15.1. The average molecular weight is 323 g/mol. The summed E-state index contributed by atoms with van der Waals surface area (Å²) in [4.78, 5) is 12.6. The van der Waals surface area contributed by atoms with E-state index >= 15 is 0 Å². The van der Waals surface area contributed by atoms with Crippen molar-refractivity contribution in [1.82, 2.24) is 0 Å². The Bertz CT molecular complexity index is 504. The highest BCUT2D eigenvalue weighted by atomic mass is 28.3. The molecule has 0 aliphatic heterocycles. The molecule has 0 amide bonds. The average Bonchev–Trinajstić information content (AvgIpc) is 2.48. The standard InChI is InChI=1S/C19H31FOSi/c1-7-22(8-2,9-3)13-12-15-14-16(20)10-11-17(15)18(21)19(4,5)6/h10-11,14H,7-9,12-13H2,1-6H3. The number of hydrogen-bond donors (Lipinski definition) is 0. The van der Waals surface area contributed by atoms with Crippen LogP contribution in [0.15, 0.2) is 18.2 Å². The van der Waals surface area contributed by atoms with Crippen molar-refractivity contribution in [3.8, 4) is 0 Å². The molecule has 0 unspecified atom stereocenters. The normalized spacial score (nSPS) is 12.5. The van der Waals surface area contributed by atoms with Crippen molar-refractivity contribution in [2.24, 2.45) is 5.41 Å². The van der Waals surface area contributed by atoms with Crippen LogP contribution in [0.3, 0.4) is 0 Å². The quantitative estimate of drug-likeness (QED) is 0.437. The van der Waals surface area contributed by atoms with Gasteiger partial charge in [-0.25, -0.2) is 4.39 Å². The third kappa shape index (κ3) is 4.51. The summed E-state index contributed by atoms with van der Waals surface area (Å²) in [6, 6.07) is 9.58. The van der Waals surface area contributed by atoms with Gasteiger partial charge in [-0.2, -0.15) is 0 Å². The molecule has 1 rings (SSSR count). The van der Waals surface area contributed by atoms with Crippen LogP contribution < -0.4 is 0 Å². The molecular weight excluding hydrogens is 291 g/mol. The van der Waals surface area contributed by atoms with Crippen molar-refractivity contribution in [1.29, 1.82) is 0 Å². The number of halogens is 1. The predicted molar refractivity (Wildman–Crippen MR) is 95.9 cm³/mol. The number of rotatable bonds is 7. The number of aryl methyl sites for hydroxylation is 1. The molecule has 1 nitrogen and oxygen atoms in total. The Balaban J connectivity index is 3.09. The van der Waals surface area contributed by atoms with Crippen LogP contribution in [0, 0.1) is 11.2 Å². The molecule has 0 bridgehead atoms. The lowest BCUT2D eigenvalue weighted by Crippen LogP contribution is -2.32. The summed E-state index contributed by atoms with van der Waals surface area (Å²) in [6.07, 6.45) is 0.830. The fourth-order valence-electron chi connectivity index (χ4n) is 3.07. The lowest BCUT2D eigenvalue weighted by Gasteiger charge is -2.28. The van der Waals surface area contributed by atoms with Crippen molar-refractivity contribution in [3.05, 3.63) is 35.1 Å². The number of carbonyl (C=O) groups excluding carboxylic acids is 1. The van der Waals surface area contributed by atoms with Crippen molar-refractivity contribution in [2.75, 3.05) is 0 Å². The van der Waals surface area contributed by atoms with E-state index in [0.29, 0.717) is 5.56 Å². The SMILES string of the molecule is CC[Si](CC)(CC)CCc1cc(F)ccc1C(=O)C(C)(C)C. The summed E-state index contributed by atoms with van der Waals surface area (Å²) in [6.45, 7) is 12.6. The summed E-state index contributed by atoms with van der Waals surface area (Å²) < 4.78 is 13.7. The first-order chi connectivity index (χ1) is 10.2. The fraction of sp³-hybridized carbons (Fsp3) is 0.632. The lowest BCUT2D eigenvalue weighted by molar-refractivity contribution is 0.0857. The van der Waals surface area contributed by atoms with Crippen molar-refractivity contribution in [3.63, 3.8) is 0 Å². The van der Waals surface area contributed by atoms with Crippen LogP contribution >= 0.6 is 0 Å². The highest BCUT2D eigenvalue weighted by molar-refractivity contribution is 6.79. The van der Waals surface area contributed by atoms with Crippen molar-refractivity contribution < 1.29 is 9.18 Å². The number of ketones is 1. The Morgan fingerprint density at radius 1 is 1.09 bits per heavy atom. The topological polar surface area (TPSA) is 17.1 Å². The minimum atomic E-state index is -1.25. The monoisotopic (exact) mass is 322 g/mol. The van der Waals surface area contributed by atoms with Gasteiger partial charge in [0.2, 0.25) is 0 Å². The lowest BCUT2D eigenvalue weighted by atomic mass is 9.84. The number of carbonyl (C=O) groups is 1. The van der Waals surface area contributed by atoms with E-state index in [-0.39, 0.29) is 11.6 Å². The molecule has 0 fully saturated rings. The fourth-order valence-corrected chi connectivity index (χ4v) is 6.44. The molecule has 0 N–H and O–H groups in total. The van der Waals surface area contributed by atoms with E-state index in [1.807, 2.05) is 20.8 Å². The first-order valence-corrected chi connectivity index (χ1v) is 11.3. The van der Waals surface area contributed by atoms with Gasteiger partial charge in [0.25, 0.3) is 0 Å². The minimum absolute atomic E-state index is 0.110. The summed E-state index contributed by atoms with van der Waals surface area (Å²) in [5.74, 6) is -0.128. The van der Waals surface area contributed by atoms with E-state index in [0.717, 1.165) is 18.0 Å². The second-order valence-electron chi connectivity index (χ2n) is 7.44. The van der Waals surface area contributed by atoms with Gasteiger partial charge < -0.3 is 0 Å². The molecule has 22 heavy (non-hydrogen) atoms. The maximum Gasteiger partial charge on any atom is 0.168 e. The van der Waals surface area contributed by atoms with Crippen LogP contribution in [-0.4, -0.2) is 13.9 Å². The zero-order valence-corrected chi connectivity index (χ0v) is 16.1.